The molecule has 0 atom stereocenters. The number of benzene rings is 2. The van der Waals surface area contributed by atoms with Gasteiger partial charge in [-0.25, -0.2) is 9.97 Å². The van der Waals surface area contributed by atoms with Crippen molar-refractivity contribution < 1.29 is 32.2 Å². The van der Waals surface area contributed by atoms with E-state index < -0.39 is 17.8 Å². The number of methoxy groups -OCH3 is 1. The average molecular weight is 707 g/mol. The Labute approximate surface area is 290 Å². The van der Waals surface area contributed by atoms with Gasteiger partial charge in [0.2, 0.25) is 5.91 Å². The second-order valence-electron chi connectivity index (χ2n) is 12.1. The second-order valence-corrected chi connectivity index (χ2v) is 12.1. The van der Waals surface area contributed by atoms with E-state index in [0.717, 1.165) is 16.3 Å². The van der Waals surface area contributed by atoms with Crippen molar-refractivity contribution in [3.05, 3.63) is 89.0 Å². The molecule has 0 aliphatic carbocycles. The summed E-state index contributed by atoms with van der Waals surface area (Å²) in [6, 6.07) is 13.1. The molecule has 0 N–H and O–H groups in total. The van der Waals surface area contributed by atoms with Crippen molar-refractivity contribution >= 4 is 22.7 Å². The van der Waals surface area contributed by atoms with E-state index >= 15 is 0 Å². The first-order valence-corrected chi connectivity index (χ1v) is 16.5. The van der Waals surface area contributed by atoms with Crippen LogP contribution in [0.15, 0.2) is 72.0 Å². The fourth-order valence-corrected chi connectivity index (χ4v) is 6.06. The van der Waals surface area contributed by atoms with Gasteiger partial charge in [-0.1, -0.05) is 12.1 Å². The summed E-state index contributed by atoms with van der Waals surface area (Å²) in [5, 5.41) is 3.92. The summed E-state index contributed by atoms with van der Waals surface area (Å²) >= 11 is 0. The molecule has 0 fully saturated rings. The monoisotopic (exact) mass is 706 g/mol. The van der Waals surface area contributed by atoms with Crippen LogP contribution >= 0.6 is 0 Å². The van der Waals surface area contributed by atoms with Crippen LogP contribution in [0.2, 0.25) is 0 Å². The normalized spacial score (nSPS) is 14.8. The third-order valence-electron chi connectivity index (χ3n) is 8.75. The first kappa shape index (κ1) is 35.2. The number of fused-ring (bicyclic) bond motifs is 5. The number of alkyl halides is 3. The molecule has 13 nitrogen and oxygen atoms in total. The lowest BCUT2D eigenvalue weighted by atomic mass is 10.2. The zero-order valence-electron chi connectivity index (χ0n) is 28.2. The van der Waals surface area contributed by atoms with E-state index in [1.165, 1.54) is 30.0 Å². The van der Waals surface area contributed by atoms with E-state index in [9.17, 15) is 27.6 Å². The van der Waals surface area contributed by atoms with Crippen molar-refractivity contribution in [1.82, 2.24) is 38.7 Å². The molecule has 2 amide bonds. The zero-order chi connectivity index (χ0) is 36.1. The van der Waals surface area contributed by atoms with Crippen LogP contribution in [0.25, 0.3) is 22.3 Å². The Morgan fingerprint density at radius 2 is 1.71 bits per heavy atom. The minimum absolute atomic E-state index is 0.191. The summed E-state index contributed by atoms with van der Waals surface area (Å²) in [7, 11) is 2.82. The highest BCUT2D eigenvalue weighted by atomic mass is 19.4. The van der Waals surface area contributed by atoms with Gasteiger partial charge in [0.1, 0.15) is 18.1 Å². The molecular weight excluding hydrogens is 669 g/mol. The van der Waals surface area contributed by atoms with Crippen LogP contribution < -0.4 is 15.0 Å². The number of aryl methyl sites for hydroxylation is 1. The number of hydrogen-bond acceptors (Lipinski definition) is 8. The molecule has 4 heterocycles. The number of halogens is 3. The topological polar surface area (TPSA) is 130 Å². The van der Waals surface area contributed by atoms with Gasteiger partial charge in [0.25, 0.3) is 11.5 Å². The second kappa shape index (κ2) is 15.1. The lowest BCUT2D eigenvalue weighted by Gasteiger charge is -2.26. The minimum atomic E-state index is -4.70. The number of carbonyl (C=O) groups is 2. The number of para-hydroxylation sites is 1. The maximum atomic E-state index is 13.8. The van der Waals surface area contributed by atoms with Crippen LogP contribution in [-0.2, 0) is 31.1 Å². The number of ether oxygens (including phenoxy) is 2. The van der Waals surface area contributed by atoms with Crippen LogP contribution in [0.4, 0.5) is 13.2 Å². The summed E-state index contributed by atoms with van der Waals surface area (Å²) in [6.45, 7) is 1.36. The number of carbonyl (C=O) groups excluding carboxylic acids is 2. The molecule has 0 saturated heterocycles. The maximum Gasteiger partial charge on any atom is 0.435 e. The highest BCUT2D eigenvalue weighted by molar-refractivity contribution is 5.92. The molecule has 0 unspecified atom stereocenters. The molecule has 268 valence electrons. The Balaban J connectivity index is 1.27. The van der Waals surface area contributed by atoms with E-state index in [4.69, 9.17) is 9.47 Å². The van der Waals surface area contributed by atoms with E-state index in [1.54, 1.807) is 47.5 Å². The van der Waals surface area contributed by atoms with Gasteiger partial charge in [-0.3, -0.25) is 23.6 Å². The van der Waals surface area contributed by atoms with Gasteiger partial charge in [-0.2, -0.15) is 18.3 Å². The average Bonchev–Trinajstić information content (AvgIpc) is 3.76. The summed E-state index contributed by atoms with van der Waals surface area (Å²) in [5.41, 5.74) is -0.383. The number of hydrogen-bond donors (Lipinski definition) is 0. The van der Waals surface area contributed by atoms with Crippen LogP contribution in [0.1, 0.15) is 35.4 Å². The SMILES string of the molecule is COc1ccc2cc1OCCCN(C(=O)c1cc(C(F)(F)F)nn1C)CCCCN(C(=O)Cn1cnc3ccccc3c1=O)CCn1ccnc1-2. The smallest absolute Gasteiger partial charge is 0.435 e. The predicted octanol–water partition coefficient (Wildman–Crippen LogP) is 4.25. The molecule has 16 heteroatoms. The van der Waals surface area contributed by atoms with Crippen LogP contribution in [0.5, 0.6) is 11.5 Å². The molecule has 3 aromatic heterocycles. The first-order valence-electron chi connectivity index (χ1n) is 16.5. The summed E-state index contributed by atoms with van der Waals surface area (Å²) < 4.78 is 56.0. The third-order valence-corrected chi connectivity index (χ3v) is 8.75. The molecule has 2 bridgehead atoms. The van der Waals surface area contributed by atoms with Crippen molar-refractivity contribution in [2.75, 3.05) is 39.9 Å². The van der Waals surface area contributed by atoms with Crippen molar-refractivity contribution in [3.8, 4) is 22.9 Å². The summed E-state index contributed by atoms with van der Waals surface area (Å²) in [5.74, 6) is 0.711. The number of nitrogens with zero attached hydrogens (tertiary/aromatic N) is 8. The van der Waals surface area contributed by atoms with E-state index in [-0.39, 0.29) is 49.9 Å². The quantitative estimate of drug-likeness (QED) is 0.271. The Kier molecular flexibility index (Phi) is 10.4. The van der Waals surface area contributed by atoms with Gasteiger partial charge in [0.05, 0.1) is 30.9 Å². The van der Waals surface area contributed by atoms with Crippen molar-refractivity contribution in [2.24, 2.45) is 7.05 Å². The van der Waals surface area contributed by atoms with Gasteiger partial charge in [-0.05, 0) is 49.6 Å². The molecule has 1 aliphatic heterocycles. The van der Waals surface area contributed by atoms with Crippen molar-refractivity contribution in [3.63, 3.8) is 0 Å². The maximum absolute atomic E-state index is 13.8. The molecular formula is C35H37F3N8O5. The van der Waals surface area contributed by atoms with Crippen LogP contribution in [0, 0.1) is 0 Å². The molecule has 0 spiro atoms. The fraction of sp³-hybridized carbons (Fsp3) is 0.371. The predicted molar refractivity (Wildman–Crippen MR) is 180 cm³/mol. The Bertz CT molecular complexity index is 2090. The molecule has 51 heavy (non-hydrogen) atoms. The largest absolute Gasteiger partial charge is 0.493 e. The standard InChI is InChI=1S/C35H37F3N8O5/c1-42-27(21-30(41-42)35(36,37)38)34(49)45-14-6-5-13-43(31(47)22-46-23-40-26-9-4-3-8-25(26)33(46)48)17-18-44-16-12-39-32(44)24-10-11-28(50-2)29(20-24)51-19-7-15-45/h3-4,8-12,16,20-21,23H,5-7,13-15,17-19,22H2,1-2H3. The highest BCUT2D eigenvalue weighted by Gasteiger charge is 2.36. The Morgan fingerprint density at radius 1 is 0.941 bits per heavy atom. The molecule has 5 aromatic rings. The molecule has 0 radical (unpaired) electrons. The van der Waals surface area contributed by atoms with Crippen molar-refractivity contribution in [2.45, 2.75) is 38.5 Å². The van der Waals surface area contributed by atoms with Gasteiger partial charge in [-0.15, -0.1) is 0 Å². The van der Waals surface area contributed by atoms with E-state index in [1.807, 2.05) is 16.8 Å². The van der Waals surface area contributed by atoms with Crippen LogP contribution in [0.3, 0.4) is 0 Å². The number of imidazole rings is 1. The van der Waals surface area contributed by atoms with E-state index in [0.29, 0.717) is 60.6 Å². The zero-order valence-corrected chi connectivity index (χ0v) is 28.2. The molecule has 2 aromatic carbocycles. The Hall–Kier alpha value is -5.67. The lowest BCUT2D eigenvalue weighted by Crippen LogP contribution is -2.39. The lowest BCUT2D eigenvalue weighted by molar-refractivity contribution is -0.141. The first-order chi connectivity index (χ1) is 24.5. The molecule has 1 aliphatic rings. The molecule has 0 saturated carbocycles. The van der Waals surface area contributed by atoms with E-state index in [2.05, 4.69) is 15.1 Å². The highest BCUT2D eigenvalue weighted by Crippen LogP contribution is 2.32. The van der Waals surface area contributed by atoms with Crippen molar-refractivity contribution in [1.29, 1.82) is 0 Å². The minimum Gasteiger partial charge on any atom is -0.493 e. The fourth-order valence-electron chi connectivity index (χ4n) is 6.06. The number of amides is 2. The van der Waals surface area contributed by atoms with Gasteiger partial charge < -0.3 is 23.8 Å². The molecule has 6 rings (SSSR count). The third kappa shape index (κ3) is 7.89. The number of aromatic nitrogens is 6. The summed E-state index contributed by atoms with van der Waals surface area (Å²) in [4.78, 5) is 52.6. The Morgan fingerprint density at radius 3 is 2.47 bits per heavy atom. The number of rotatable bonds is 4. The van der Waals surface area contributed by atoms with Crippen LogP contribution in [-0.4, -0.2) is 90.4 Å². The van der Waals surface area contributed by atoms with Gasteiger partial charge in [0.15, 0.2) is 17.2 Å². The van der Waals surface area contributed by atoms with Gasteiger partial charge in [0, 0.05) is 63.8 Å². The van der Waals surface area contributed by atoms with Gasteiger partial charge >= 0.3 is 6.18 Å². The summed E-state index contributed by atoms with van der Waals surface area (Å²) in [6.07, 6.45) is 1.46.